The molecule has 0 aliphatic rings. The van der Waals surface area contributed by atoms with Gasteiger partial charge in [0.2, 0.25) is 0 Å². The zero-order valence-corrected chi connectivity index (χ0v) is 10.4. The Morgan fingerprint density at radius 1 is 1.56 bits per heavy atom. The van der Waals surface area contributed by atoms with Crippen LogP contribution in [0.2, 0.25) is 0 Å². The molecule has 18 heavy (non-hydrogen) atoms. The quantitative estimate of drug-likeness (QED) is 0.314. The maximum Gasteiger partial charge on any atom is 0.255 e. The lowest BCUT2D eigenvalue weighted by Crippen LogP contribution is -2.42. The summed E-state index contributed by atoms with van der Waals surface area (Å²) in [6.45, 7) is 3.93. The summed E-state index contributed by atoms with van der Waals surface area (Å²) >= 11 is 0. The lowest BCUT2D eigenvalue weighted by Gasteiger charge is -2.14. The largest absolute Gasteiger partial charge is 0.493 e. The van der Waals surface area contributed by atoms with Crippen LogP contribution >= 0.6 is 0 Å². The maximum absolute atomic E-state index is 12.0. The molecule has 1 unspecified atom stereocenters. The molecule has 1 rings (SSSR count). The zero-order chi connectivity index (χ0) is 13.5. The Balaban J connectivity index is 2.84. The van der Waals surface area contributed by atoms with Crippen molar-refractivity contribution in [2.24, 2.45) is 10.9 Å². The number of nitrogens with one attached hydrogen (secondary N) is 1. The number of carbonyl (C=O) groups is 1. The summed E-state index contributed by atoms with van der Waals surface area (Å²) in [4.78, 5) is 12.0. The average molecular weight is 251 g/mol. The average Bonchev–Trinajstić information content (AvgIpc) is 2.38. The van der Waals surface area contributed by atoms with Crippen molar-refractivity contribution in [3.05, 3.63) is 29.8 Å². The summed E-state index contributed by atoms with van der Waals surface area (Å²) in [7, 11) is 0. The summed E-state index contributed by atoms with van der Waals surface area (Å²) in [5, 5.41) is 14.0. The number of amides is 1. The first-order chi connectivity index (χ1) is 8.60. The van der Waals surface area contributed by atoms with Crippen LogP contribution in [0, 0.1) is 0 Å². The third-order valence-corrected chi connectivity index (χ3v) is 2.34. The zero-order valence-electron chi connectivity index (χ0n) is 10.4. The summed E-state index contributed by atoms with van der Waals surface area (Å²) < 4.78 is 5.35. The molecule has 6 heteroatoms. The molecule has 1 aromatic rings. The lowest BCUT2D eigenvalue weighted by atomic mass is 10.1. The molecule has 0 saturated heterocycles. The molecule has 6 nitrogen and oxygen atoms in total. The summed E-state index contributed by atoms with van der Waals surface area (Å²) in [5.41, 5.74) is 5.81. The first-order valence-corrected chi connectivity index (χ1v) is 5.60. The van der Waals surface area contributed by atoms with Gasteiger partial charge in [0.15, 0.2) is 5.84 Å². The highest BCUT2D eigenvalue weighted by molar-refractivity contribution is 6.00. The molecule has 0 saturated carbocycles. The van der Waals surface area contributed by atoms with Crippen molar-refractivity contribution >= 4 is 11.7 Å². The topological polar surface area (TPSA) is 96.9 Å². The Bertz CT molecular complexity index is 446. The number of hydrogen-bond acceptors (Lipinski definition) is 4. The number of para-hydroxylation sites is 1. The Labute approximate surface area is 105 Å². The van der Waals surface area contributed by atoms with Crippen molar-refractivity contribution in [1.29, 1.82) is 0 Å². The van der Waals surface area contributed by atoms with Gasteiger partial charge in [0, 0.05) is 0 Å². The van der Waals surface area contributed by atoms with Crippen molar-refractivity contribution in [2.45, 2.75) is 19.9 Å². The molecule has 0 fully saturated rings. The summed E-state index contributed by atoms with van der Waals surface area (Å²) in [6, 6.07) is 6.34. The Morgan fingerprint density at radius 2 is 2.22 bits per heavy atom. The third-order valence-electron chi connectivity index (χ3n) is 2.34. The number of amidine groups is 1. The number of rotatable bonds is 5. The fourth-order valence-corrected chi connectivity index (χ4v) is 1.37. The van der Waals surface area contributed by atoms with Crippen molar-refractivity contribution in [2.75, 3.05) is 6.61 Å². The first-order valence-electron chi connectivity index (χ1n) is 5.60. The maximum atomic E-state index is 12.0. The Morgan fingerprint density at radius 3 is 2.83 bits per heavy atom. The van der Waals surface area contributed by atoms with Crippen LogP contribution < -0.4 is 15.8 Å². The molecule has 98 valence electrons. The van der Waals surface area contributed by atoms with E-state index < -0.39 is 6.04 Å². The van der Waals surface area contributed by atoms with Crippen LogP contribution in [0.3, 0.4) is 0 Å². The fraction of sp³-hybridized carbons (Fsp3) is 0.333. The predicted molar refractivity (Wildman–Crippen MR) is 67.9 cm³/mol. The lowest BCUT2D eigenvalue weighted by molar-refractivity contribution is 0.0945. The van der Waals surface area contributed by atoms with Gasteiger partial charge in [0.25, 0.3) is 5.91 Å². The van der Waals surface area contributed by atoms with E-state index in [1.54, 1.807) is 31.2 Å². The number of carbonyl (C=O) groups excluding carboxylic acids is 1. The van der Waals surface area contributed by atoms with Gasteiger partial charge in [0.05, 0.1) is 18.2 Å². The van der Waals surface area contributed by atoms with Crippen molar-refractivity contribution in [1.82, 2.24) is 5.32 Å². The third kappa shape index (κ3) is 3.38. The van der Waals surface area contributed by atoms with Crippen LogP contribution in [-0.4, -0.2) is 29.6 Å². The highest BCUT2D eigenvalue weighted by Gasteiger charge is 2.16. The van der Waals surface area contributed by atoms with Crippen LogP contribution in [0.15, 0.2) is 29.4 Å². The fourth-order valence-electron chi connectivity index (χ4n) is 1.37. The van der Waals surface area contributed by atoms with E-state index in [9.17, 15) is 4.79 Å². The van der Waals surface area contributed by atoms with Gasteiger partial charge in [-0.3, -0.25) is 4.79 Å². The van der Waals surface area contributed by atoms with Crippen molar-refractivity contribution < 1.29 is 14.7 Å². The summed E-state index contributed by atoms with van der Waals surface area (Å²) in [5.74, 6) is 0.111. The number of oxime groups is 1. The highest BCUT2D eigenvalue weighted by atomic mass is 16.5. The highest BCUT2D eigenvalue weighted by Crippen LogP contribution is 2.17. The molecule has 0 aliphatic carbocycles. The number of hydrogen-bond donors (Lipinski definition) is 3. The van der Waals surface area contributed by atoms with Gasteiger partial charge in [0.1, 0.15) is 5.75 Å². The molecule has 0 aliphatic heterocycles. The van der Waals surface area contributed by atoms with E-state index in [0.717, 1.165) is 0 Å². The first kappa shape index (κ1) is 13.8. The molecule has 0 aromatic heterocycles. The van der Waals surface area contributed by atoms with Crippen molar-refractivity contribution in [3.8, 4) is 5.75 Å². The van der Waals surface area contributed by atoms with E-state index >= 15 is 0 Å². The van der Waals surface area contributed by atoms with Crippen LogP contribution in [0.4, 0.5) is 0 Å². The Kier molecular flexibility index (Phi) is 4.98. The molecule has 0 heterocycles. The van der Waals surface area contributed by atoms with Crippen LogP contribution in [-0.2, 0) is 0 Å². The molecule has 0 radical (unpaired) electrons. The monoisotopic (exact) mass is 251 g/mol. The number of nitrogens with two attached hydrogens (primary N) is 1. The van der Waals surface area contributed by atoms with Gasteiger partial charge < -0.3 is 21.0 Å². The van der Waals surface area contributed by atoms with Gasteiger partial charge >= 0.3 is 0 Å². The van der Waals surface area contributed by atoms with Gasteiger partial charge in [-0.1, -0.05) is 17.3 Å². The van der Waals surface area contributed by atoms with Crippen LogP contribution in [0.5, 0.6) is 5.75 Å². The minimum atomic E-state index is -0.558. The second-order valence-electron chi connectivity index (χ2n) is 3.65. The normalized spacial score (nSPS) is 12.9. The SMILES string of the molecule is CCOc1ccccc1C(=O)NC(C)/C(N)=N/O. The van der Waals surface area contributed by atoms with Crippen molar-refractivity contribution in [3.63, 3.8) is 0 Å². The minimum Gasteiger partial charge on any atom is -0.493 e. The van der Waals surface area contributed by atoms with E-state index in [1.165, 1.54) is 0 Å². The molecular formula is C12H17N3O3. The van der Waals surface area contributed by atoms with Crippen LogP contribution in [0.25, 0.3) is 0 Å². The minimum absolute atomic E-state index is 0.0581. The Hall–Kier alpha value is -2.24. The van der Waals surface area contributed by atoms with E-state index in [2.05, 4.69) is 10.5 Å². The molecule has 4 N–H and O–H groups in total. The molecule has 0 bridgehead atoms. The second-order valence-corrected chi connectivity index (χ2v) is 3.65. The molecule has 0 spiro atoms. The standard InChI is InChI=1S/C12H17N3O3/c1-3-18-10-7-5-4-6-9(10)12(16)14-8(2)11(13)15-17/h4-8,17H,3H2,1-2H3,(H2,13,15)(H,14,16). The van der Waals surface area contributed by atoms with E-state index in [4.69, 9.17) is 15.7 Å². The van der Waals surface area contributed by atoms with Gasteiger partial charge in [-0.2, -0.15) is 0 Å². The van der Waals surface area contributed by atoms with E-state index in [0.29, 0.717) is 17.9 Å². The second kappa shape index (κ2) is 6.48. The van der Waals surface area contributed by atoms with Gasteiger partial charge in [-0.05, 0) is 26.0 Å². The summed E-state index contributed by atoms with van der Waals surface area (Å²) in [6.07, 6.45) is 0. The number of nitrogens with zero attached hydrogens (tertiary/aromatic N) is 1. The van der Waals surface area contributed by atoms with Gasteiger partial charge in [-0.15, -0.1) is 0 Å². The number of ether oxygens (including phenoxy) is 1. The predicted octanol–water partition coefficient (Wildman–Crippen LogP) is 0.950. The smallest absolute Gasteiger partial charge is 0.255 e. The van der Waals surface area contributed by atoms with E-state index in [1.807, 2.05) is 6.92 Å². The molecular weight excluding hydrogens is 234 g/mol. The molecule has 1 amide bonds. The number of benzene rings is 1. The molecule has 1 atom stereocenters. The molecule has 1 aromatic carbocycles. The van der Waals surface area contributed by atoms with E-state index in [-0.39, 0.29) is 11.7 Å². The van der Waals surface area contributed by atoms with Gasteiger partial charge in [-0.25, -0.2) is 0 Å². The van der Waals surface area contributed by atoms with Crippen LogP contribution in [0.1, 0.15) is 24.2 Å².